The molecular weight excluding hydrogens is 458 g/mol. The van der Waals surface area contributed by atoms with Crippen LogP contribution >= 0.6 is 0 Å². The quantitative estimate of drug-likeness (QED) is 0.121. The SMILES string of the molecule is C[C@@H](O)[C@H](NC(=O)[C@@H](N)Cc1c[nH]cn1)C(=O)N[C@@H](CC(=O)O)C(=O)N[C@@H](CC(N)=O)C(=O)O. The number of aromatic nitrogens is 2. The van der Waals surface area contributed by atoms with Crippen LogP contribution in [0.15, 0.2) is 12.5 Å². The van der Waals surface area contributed by atoms with Crippen molar-refractivity contribution in [1.82, 2.24) is 25.9 Å². The monoisotopic (exact) mass is 485 g/mol. The Balaban J connectivity index is 2.92. The van der Waals surface area contributed by atoms with Crippen LogP contribution in [0, 0.1) is 0 Å². The Morgan fingerprint density at radius 2 is 1.62 bits per heavy atom. The molecular formula is C18H27N7O9. The molecule has 4 amide bonds. The number of rotatable bonds is 14. The van der Waals surface area contributed by atoms with Crippen molar-refractivity contribution in [3.63, 3.8) is 0 Å². The largest absolute Gasteiger partial charge is 0.481 e. The maximum absolute atomic E-state index is 12.6. The van der Waals surface area contributed by atoms with Crippen LogP contribution in [0.25, 0.3) is 0 Å². The third-order valence-electron chi connectivity index (χ3n) is 4.41. The molecule has 11 N–H and O–H groups in total. The van der Waals surface area contributed by atoms with Crippen LogP contribution in [0.2, 0.25) is 0 Å². The summed E-state index contributed by atoms with van der Waals surface area (Å²) in [7, 11) is 0. The molecule has 1 aromatic rings. The van der Waals surface area contributed by atoms with Gasteiger partial charge in [-0.05, 0) is 6.92 Å². The lowest BCUT2D eigenvalue weighted by Gasteiger charge is -2.25. The van der Waals surface area contributed by atoms with Gasteiger partial charge in [-0.15, -0.1) is 0 Å². The van der Waals surface area contributed by atoms with Crippen molar-refractivity contribution in [3.05, 3.63) is 18.2 Å². The van der Waals surface area contributed by atoms with Gasteiger partial charge in [0.2, 0.25) is 23.6 Å². The van der Waals surface area contributed by atoms with Gasteiger partial charge in [-0.25, -0.2) is 9.78 Å². The van der Waals surface area contributed by atoms with Gasteiger partial charge < -0.3 is 47.7 Å². The summed E-state index contributed by atoms with van der Waals surface area (Å²) < 4.78 is 0. The first-order chi connectivity index (χ1) is 15.8. The van der Waals surface area contributed by atoms with Crippen molar-refractivity contribution in [2.75, 3.05) is 0 Å². The summed E-state index contributed by atoms with van der Waals surface area (Å²) in [6, 6.07) is -6.37. The van der Waals surface area contributed by atoms with Crippen molar-refractivity contribution in [2.45, 2.75) is 56.5 Å². The zero-order valence-corrected chi connectivity index (χ0v) is 18.1. The third-order valence-corrected chi connectivity index (χ3v) is 4.41. The van der Waals surface area contributed by atoms with E-state index >= 15 is 0 Å². The second-order valence-electron chi connectivity index (χ2n) is 7.33. The number of carboxylic acids is 2. The minimum absolute atomic E-state index is 0.00394. The van der Waals surface area contributed by atoms with E-state index in [1.807, 2.05) is 10.6 Å². The highest BCUT2D eigenvalue weighted by Crippen LogP contribution is 2.03. The topological polar surface area (TPSA) is 280 Å². The number of imidazole rings is 1. The number of aromatic amines is 1. The van der Waals surface area contributed by atoms with Crippen molar-refractivity contribution in [2.24, 2.45) is 11.5 Å². The number of nitrogens with one attached hydrogen (secondary N) is 4. The lowest BCUT2D eigenvalue weighted by molar-refractivity contribution is -0.145. The lowest BCUT2D eigenvalue weighted by atomic mass is 10.1. The van der Waals surface area contributed by atoms with Gasteiger partial charge in [-0.1, -0.05) is 0 Å². The second kappa shape index (κ2) is 12.9. The third kappa shape index (κ3) is 9.21. The fraction of sp³-hybridized carbons (Fsp3) is 0.500. The summed E-state index contributed by atoms with van der Waals surface area (Å²) in [5.41, 5.74) is 11.2. The zero-order valence-electron chi connectivity index (χ0n) is 18.1. The maximum atomic E-state index is 12.6. The van der Waals surface area contributed by atoms with E-state index in [9.17, 15) is 33.9 Å². The molecule has 16 heteroatoms. The first kappa shape index (κ1) is 28.0. The van der Waals surface area contributed by atoms with Gasteiger partial charge in [0.1, 0.15) is 18.1 Å². The van der Waals surface area contributed by atoms with Gasteiger partial charge in [0.05, 0.1) is 37.0 Å². The Morgan fingerprint density at radius 1 is 1.00 bits per heavy atom. The molecule has 0 bridgehead atoms. The normalized spacial score (nSPS) is 15.1. The van der Waals surface area contributed by atoms with Gasteiger partial charge in [0.15, 0.2) is 0 Å². The summed E-state index contributed by atoms with van der Waals surface area (Å²) in [4.78, 5) is 77.4. The number of hydrogen-bond acceptors (Lipinski definition) is 9. The second-order valence-corrected chi connectivity index (χ2v) is 7.33. The molecule has 0 saturated carbocycles. The van der Waals surface area contributed by atoms with Gasteiger partial charge in [-0.2, -0.15) is 0 Å². The number of primary amides is 1. The molecule has 1 heterocycles. The molecule has 0 aliphatic rings. The molecule has 0 unspecified atom stereocenters. The van der Waals surface area contributed by atoms with Crippen molar-refractivity contribution >= 4 is 35.6 Å². The highest BCUT2D eigenvalue weighted by molar-refractivity contribution is 5.96. The molecule has 0 aromatic carbocycles. The number of aliphatic carboxylic acids is 2. The number of aliphatic hydroxyl groups is 1. The van der Waals surface area contributed by atoms with Gasteiger partial charge in [-0.3, -0.25) is 24.0 Å². The first-order valence-corrected chi connectivity index (χ1v) is 9.87. The summed E-state index contributed by atoms with van der Waals surface area (Å²) in [5.74, 6) is -7.41. The Kier molecular flexibility index (Phi) is 10.6. The summed E-state index contributed by atoms with van der Waals surface area (Å²) in [6.07, 6.45) is -0.364. The van der Waals surface area contributed by atoms with Crippen LogP contribution in [0.4, 0.5) is 0 Å². The number of amides is 4. The predicted molar refractivity (Wildman–Crippen MR) is 111 cm³/mol. The maximum Gasteiger partial charge on any atom is 0.326 e. The van der Waals surface area contributed by atoms with Crippen molar-refractivity contribution in [1.29, 1.82) is 0 Å². The van der Waals surface area contributed by atoms with Gasteiger partial charge >= 0.3 is 11.9 Å². The Bertz CT molecular complexity index is 904. The molecule has 5 atom stereocenters. The molecule has 34 heavy (non-hydrogen) atoms. The molecule has 188 valence electrons. The number of aliphatic hydroxyl groups excluding tert-OH is 1. The van der Waals surface area contributed by atoms with E-state index < -0.39 is 78.7 Å². The van der Waals surface area contributed by atoms with Crippen molar-refractivity contribution in [3.8, 4) is 0 Å². The molecule has 0 spiro atoms. The first-order valence-electron chi connectivity index (χ1n) is 9.87. The molecule has 0 radical (unpaired) electrons. The number of carbonyl (C=O) groups is 6. The van der Waals surface area contributed by atoms with E-state index in [1.54, 1.807) is 0 Å². The standard InChI is InChI=1S/C18H27N7O9/c1-7(26)14(25-15(30)9(19)2-8-5-21-6-22-8)17(32)23-10(4-13(28)29)16(31)24-11(18(33)34)3-12(20)27/h5-7,9-11,14,26H,2-4,19H2,1H3,(H2,20,27)(H,21,22)(H,23,32)(H,24,31)(H,25,30)(H,28,29)(H,33,34)/t7-,9+,10+,11+,14+/m1/s1. The Hall–Kier alpha value is -4.05. The number of hydrogen-bond donors (Lipinski definition) is 9. The fourth-order valence-electron chi connectivity index (χ4n) is 2.71. The average molecular weight is 485 g/mol. The number of nitrogens with two attached hydrogens (primary N) is 2. The molecule has 0 fully saturated rings. The molecule has 1 rings (SSSR count). The molecule has 0 saturated heterocycles. The minimum Gasteiger partial charge on any atom is -0.481 e. The highest BCUT2D eigenvalue weighted by atomic mass is 16.4. The van der Waals surface area contributed by atoms with Crippen LogP contribution < -0.4 is 27.4 Å². The van der Waals surface area contributed by atoms with Gasteiger partial charge in [0, 0.05) is 12.6 Å². The Labute approximate surface area is 192 Å². The van der Waals surface area contributed by atoms with Crippen LogP contribution in [-0.4, -0.2) is 91.1 Å². The number of H-pyrrole nitrogens is 1. The van der Waals surface area contributed by atoms with Crippen LogP contribution in [0.1, 0.15) is 25.5 Å². The number of nitrogens with zero attached hydrogens (tertiary/aromatic N) is 1. The smallest absolute Gasteiger partial charge is 0.326 e. The van der Waals surface area contributed by atoms with E-state index in [-0.39, 0.29) is 6.42 Å². The highest BCUT2D eigenvalue weighted by Gasteiger charge is 2.33. The summed E-state index contributed by atoms with van der Waals surface area (Å²) in [5, 5.41) is 34.3. The zero-order chi connectivity index (χ0) is 26.0. The van der Waals surface area contributed by atoms with E-state index in [0.717, 1.165) is 6.92 Å². The molecule has 1 aromatic heterocycles. The van der Waals surface area contributed by atoms with E-state index in [1.165, 1.54) is 12.5 Å². The molecule has 0 aliphatic carbocycles. The molecule has 16 nitrogen and oxygen atoms in total. The van der Waals surface area contributed by atoms with Crippen LogP contribution in [0.3, 0.4) is 0 Å². The van der Waals surface area contributed by atoms with E-state index in [0.29, 0.717) is 5.69 Å². The fourth-order valence-corrected chi connectivity index (χ4v) is 2.71. The van der Waals surface area contributed by atoms with E-state index in [4.69, 9.17) is 21.7 Å². The van der Waals surface area contributed by atoms with E-state index in [2.05, 4.69) is 15.3 Å². The lowest BCUT2D eigenvalue weighted by Crippen LogP contribution is -2.60. The van der Waals surface area contributed by atoms with Crippen LogP contribution in [-0.2, 0) is 35.2 Å². The van der Waals surface area contributed by atoms with Crippen LogP contribution in [0.5, 0.6) is 0 Å². The minimum atomic E-state index is -1.81. The summed E-state index contributed by atoms with van der Waals surface area (Å²) >= 11 is 0. The van der Waals surface area contributed by atoms with Crippen molar-refractivity contribution < 1.29 is 44.1 Å². The Morgan fingerprint density at radius 3 is 2.09 bits per heavy atom. The number of carboxylic acid groups (broad SMARTS) is 2. The molecule has 0 aliphatic heterocycles. The summed E-state index contributed by atoms with van der Waals surface area (Å²) in [6.45, 7) is 1.16. The average Bonchev–Trinajstić information content (AvgIpc) is 3.22. The predicted octanol–water partition coefficient (Wildman–Crippen LogP) is -4.45. The van der Waals surface area contributed by atoms with Gasteiger partial charge in [0.25, 0.3) is 0 Å². The number of carbonyl (C=O) groups excluding carboxylic acids is 4.